The van der Waals surface area contributed by atoms with Crippen molar-refractivity contribution in [2.45, 2.75) is 38.8 Å². The van der Waals surface area contributed by atoms with E-state index in [1.807, 2.05) is 37.3 Å². The van der Waals surface area contributed by atoms with Crippen molar-refractivity contribution in [3.05, 3.63) is 92.5 Å². The Balaban J connectivity index is 1.92. The molecule has 35 heavy (non-hydrogen) atoms. The predicted molar refractivity (Wildman–Crippen MR) is 140 cm³/mol. The van der Waals surface area contributed by atoms with Crippen LogP contribution in [0.2, 0.25) is 10.0 Å². The van der Waals surface area contributed by atoms with E-state index in [4.69, 9.17) is 27.9 Å². The van der Waals surface area contributed by atoms with Gasteiger partial charge in [0.05, 0.1) is 28.6 Å². The molecule has 3 aromatic rings. The molecule has 0 saturated heterocycles. The monoisotopic (exact) mass is 534 g/mol. The minimum Gasteiger partial charge on any atom is -0.496 e. The number of hydrogen-bond acceptors (Lipinski definition) is 4. The normalized spacial score (nSPS) is 11.5. The van der Waals surface area contributed by atoms with Crippen molar-refractivity contribution in [1.82, 2.24) is 9.62 Å². The summed E-state index contributed by atoms with van der Waals surface area (Å²) >= 11 is 12.2. The van der Waals surface area contributed by atoms with Crippen LogP contribution in [0.3, 0.4) is 0 Å². The minimum absolute atomic E-state index is 0.0476. The smallest absolute Gasteiger partial charge is 0.244 e. The van der Waals surface area contributed by atoms with Crippen LogP contribution in [0.15, 0.2) is 59.5 Å². The molecule has 0 aliphatic heterocycles. The second kappa shape index (κ2) is 11.4. The van der Waals surface area contributed by atoms with Gasteiger partial charge in [0.15, 0.2) is 0 Å². The Morgan fingerprint density at radius 1 is 0.971 bits per heavy atom. The third-order valence-electron chi connectivity index (χ3n) is 5.53. The molecule has 1 N–H and O–H groups in total. The summed E-state index contributed by atoms with van der Waals surface area (Å²) in [5, 5.41) is 3.48. The van der Waals surface area contributed by atoms with Gasteiger partial charge in [-0.05, 0) is 55.7 Å². The van der Waals surface area contributed by atoms with Crippen LogP contribution in [-0.2, 0) is 27.9 Å². The van der Waals surface area contributed by atoms with Gasteiger partial charge in [-0.2, -0.15) is 4.31 Å². The quantitative estimate of drug-likeness (QED) is 0.396. The van der Waals surface area contributed by atoms with Gasteiger partial charge in [-0.1, -0.05) is 65.2 Å². The number of amides is 1. The lowest BCUT2D eigenvalue weighted by atomic mass is 10.1. The number of aryl methyl sites for hydroxylation is 3. The highest BCUT2D eigenvalue weighted by Gasteiger charge is 2.30. The summed E-state index contributed by atoms with van der Waals surface area (Å²) < 4.78 is 34.1. The maximum atomic E-state index is 13.8. The summed E-state index contributed by atoms with van der Waals surface area (Å²) in [5.41, 5.74) is 3.60. The first kappa shape index (κ1) is 27.0. The average molecular weight is 535 g/mol. The van der Waals surface area contributed by atoms with E-state index in [9.17, 15) is 13.2 Å². The molecule has 3 aromatic carbocycles. The van der Waals surface area contributed by atoms with E-state index in [1.165, 1.54) is 0 Å². The lowest BCUT2D eigenvalue weighted by Gasteiger charge is -2.24. The fourth-order valence-electron chi connectivity index (χ4n) is 4.03. The van der Waals surface area contributed by atoms with E-state index in [0.29, 0.717) is 32.5 Å². The van der Waals surface area contributed by atoms with Crippen LogP contribution in [-0.4, -0.2) is 32.3 Å². The summed E-state index contributed by atoms with van der Waals surface area (Å²) in [4.78, 5) is 13.1. The number of methoxy groups -OCH3 is 1. The molecule has 0 unspecified atom stereocenters. The Bertz CT molecular complexity index is 1320. The number of benzene rings is 3. The number of nitrogens with zero attached hydrogens (tertiary/aromatic N) is 1. The van der Waals surface area contributed by atoms with Gasteiger partial charge in [-0.15, -0.1) is 0 Å². The summed E-state index contributed by atoms with van der Waals surface area (Å²) in [6, 6.07) is 15.8. The highest BCUT2D eigenvalue weighted by atomic mass is 35.5. The number of carbonyl (C=O) groups excluding carboxylic acids is 1. The minimum atomic E-state index is -4.02. The van der Waals surface area contributed by atoms with Gasteiger partial charge in [0.2, 0.25) is 15.9 Å². The van der Waals surface area contributed by atoms with Crippen molar-refractivity contribution in [2.24, 2.45) is 0 Å². The first-order valence-electron chi connectivity index (χ1n) is 10.9. The van der Waals surface area contributed by atoms with E-state index in [0.717, 1.165) is 15.4 Å². The standard InChI is InChI=1S/C26H28Cl2N2O4S/c1-17-11-18(2)26(19(3)12-17)35(32,33)30(15-20-9-10-22(27)23(28)13-20)16-25(31)29-14-21-7-5-6-8-24(21)34-4/h5-13H,14-16H2,1-4H3,(H,29,31). The molecule has 0 heterocycles. The lowest BCUT2D eigenvalue weighted by molar-refractivity contribution is -0.121. The Labute approximate surface area is 216 Å². The van der Waals surface area contributed by atoms with E-state index in [-0.39, 0.29) is 24.5 Å². The van der Waals surface area contributed by atoms with E-state index >= 15 is 0 Å². The molecule has 0 aliphatic rings. The second-order valence-corrected chi connectivity index (χ2v) is 11.0. The van der Waals surface area contributed by atoms with Crippen LogP contribution in [0.1, 0.15) is 27.8 Å². The Kier molecular flexibility index (Phi) is 8.83. The Morgan fingerprint density at radius 2 is 1.63 bits per heavy atom. The molecule has 0 fully saturated rings. The van der Waals surface area contributed by atoms with Gasteiger partial charge < -0.3 is 10.1 Å². The number of halogens is 2. The average Bonchev–Trinajstić information content (AvgIpc) is 2.79. The highest BCUT2D eigenvalue weighted by molar-refractivity contribution is 7.89. The molecular formula is C26H28Cl2N2O4S. The topological polar surface area (TPSA) is 75.7 Å². The molecule has 0 aromatic heterocycles. The van der Waals surface area contributed by atoms with Gasteiger partial charge in [-0.3, -0.25) is 4.79 Å². The number of rotatable bonds is 9. The summed E-state index contributed by atoms with van der Waals surface area (Å²) in [6.07, 6.45) is 0. The van der Waals surface area contributed by atoms with Crippen LogP contribution in [0.25, 0.3) is 0 Å². The van der Waals surface area contributed by atoms with Crippen molar-refractivity contribution in [3.8, 4) is 5.75 Å². The number of hydrogen-bond donors (Lipinski definition) is 1. The Morgan fingerprint density at radius 3 is 2.26 bits per heavy atom. The SMILES string of the molecule is COc1ccccc1CNC(=O)CN(Cc1ccc(Cl)c(Cl)c1)S(=O)(=O)c1c(C)cc(C)cc1C. The molecule has 0 spiro atoms. The van der Waals surface area contributed by atoms with Crippen molar-refractivity contribution in [2.75, 3.05) is 13.7 Å². The van der Waals surface area contributed by atoms with Crippen LogP contribution in [0.5, 0.6) is 5.75 Å². The van der Waals surface area contributed by atoms with Crippen molar-refractivity contribution in [1.29, 1.82) is 0 Å². The van der Waals surface area contributed by atoms with Crippen LogP contribution in [0.4, 0.5) is 0 Å². The first-order chi connectivity index (χ1) is 16.5. The largest absolute Gasteiger partial charge is 0.496 e. The van der Waals surface area contributed by atoms with Gasteiger partial charge >= 0.3 is 0 Å². The highest BCUT2D eigenvalue weighted by Crippen LogP contribution is 2.28. The molecular weight excluding hydrogens is 507 g/mol. The second-order valence-electron chi connectivity index (χ2n) is 8.34. The number of para-hydroxylation sites is 1. The molecule has 0 aliphatic carbocycles. The van der Waals surface area contributed by atoms with Gasteiger partial charge in [-0.25, -0.2) is 8.42 Å². The zero-order chi connectivity index (χ0) is 25.8. The maximum Gasteiger partial charge on any atom is 0.244 e. The van der Waals surface area contributed by atoms with Crippen LogP contribution < -0.4 is 10.1 Å². The van der Waals surface area contributed by atoms with Crippen molar-refractivity contribution >= 4 is 39.1 Å². The van der Waals surface area contributed by atoms with Crippen molar-refractivity contribution in [3.63, 3.8) is 0 Å². The first-order valence-corrected chi connectivity index (χ1v) is 13.1. The van der Waals surface area contributed by atoms with Gasteiger partial charge in [0.25, 0.3) is 0 Å². The molecule has 0 atom stereocenters. The fraction of sp³-hybridized carbons (Fsp3) is 0.269. The zero-order valence-corrected chi connectivity index (χ0v) is 22.4. The summed E-state index contributed by atoms with van der Waals surface area (Å²) in [6.45, 7) is 5.21. The molecule has 0 saturated carbocycles. The number of carbonyl (C=O) groups is 1. The molecule has 1 amide bonds. The molecule has 3 rings (SSSR count). The number of ether oxygens (including phenoxy) is 1. The van der Waals surface area contributed by atoms with Crippen LogP contribution in [0, 0.1) is 20.8 Å². The van der Waals surface area contributed by atoms with Gasteiger partial charge in [0.1, 0.15) is 5.75 Å². The molecule has 9 heteroatoms. The fourth-order valence-corrected chi connectivity index (χ4v) is 6.15. The summed E-state index contributed by atoms with van der Waals surface area (Å²) in [5.74, 6) is 0.195. The lowest BCUT2D eigenvalue weighted by Crippen LogP contribution is -2.40. The Hall–Kier alpha value is -2.58. The van der Waals surface area contributed by atoms with Crippen LogP contribution >= 0.6 is 23.2 Å². The van der Waals surface area contributed by atoms with Gasteiger partial charge in [0, 0.05) is 18.7 Å². The number of sulfonamides is 1. The summed E-state index contributed by atoms with van der Waals surface area (Å²) in [7, 11) is -2.47. The van der Waals surface area contributed by atoms with E-state index in [2.05, 4.69) is 5.32 Å². The van der Waals surface area contributed by atoms with Crippen molar-refractivity contribution < 1.29 is 17.9 Å². The molecule has 186 valence electrons. The third kappa shape index (κ3) is 6.55. The number of nitrogens with one attached hydrogen (secondary N) is 1. The maximum absolute atomic E-state index is 13.8. The van der Waals surface area contributed by atoms with E-state index in [1.54, 1.807) is 45.2 Å². The predicted octanol–water partition coefficient (Wildman–Crippen LogP) is 5.43. The molecule has 0 radical (unpaired) electrons. The molecule has 6 nitrogen and oxygen atoms in total. The zero-order valence-electron chi connectivity index (χ0n) is 20.1. The third-order valence-corrected chi connectivity index (χ3v) is 8.37. The van der Waals surface area contributed by atoms with E-state index < -0.39 is 15.9 Å². The molecule has 0 bridgehead atoms.